The Morgan fingerprint density at radius 2 is 1.85 bits per heavy atom. The van der Waals surface area contributed by atoms with Crippen LogP contribution in [0.2, 0.25) is 0 Å². The molecular formula is C30H33F2N7. The Kier molecular flexibility index (Phi) is 6.62. The second-order valence-corrected chi connectivity index (χ2v) is 11.2. The summed E-state index contributed by atoms with van der Waals surface area (Å²) in [6, 6.07) is 6.93. The zero-order chi connectivity index (χ0) is 27.1. The average molecular weight is 530 g/mol. The quantitative estimate of drug-likeness (QED) is 0.298. The van der Waals surface area contributed by atoms with Crippen LogP contribution in [0.3, 0.4) is 0 Å². The average Bonchev–Trinajstić information content (AvgIpc) is 3.51. The van der Waals surface area contributed by atoms with E-state index >= 15 is 0 Å². The standard InChI is InChI=1S/C30H33F2N7/c1-18(2)39-19(3)36-28-23(31)13-22(14-25(28)39)27-24(32)16-35-29(38-27)37-26-5-4-21(15-34-26)12-20-6-8-30(9-7-20)10-11-33-17-30/h4-5,12-16,18,33H,6-11,17H2,1-3H3,(H,34,35,37,38). The lowest BCUT2D eigenvalue weighted by Crippen LogP contribution is -2.27. The number of rotatable bonds is 5. The van der Waals surface area contributed by atoms with Gasteiger partial charge in [-0.3, -0.25) is 0 Å². The van der Waals surface area contributed by atoms with Gasteiger partial charge >= 0.3 is 0 Å². The van der Waals surface area contributed by atoms with Gasteiger partial charge in [0, 0.05) is 24.3 Å². The molecular weight excluding hydrogens is 496 g/mol. The van der Waals surface area contributed by atoms with E-state index in [1.54, 1.807) is 6.07 Å². The smallest absolute Gasteiger partial charge is 0.229 e. The maximum Gasteiger partial charge on any atom is 0.229 e. The summed E-state index contributed by atoms with van der Waals surface area (Å²) < 4.78 is 31.7. The SMILES string of the molecule is Cc1nc2c(F)cc(-c3nc(Nc4ccc(C=C5CCC6(CCNC6)CC5)cn4)ncc3F)cc2n1C(C)C. The zero-order valence-electron chi connectivity index (χ0n) is 22.6. The molecule has 1 aliphatic carbocycles. The molecule has 1 spiro atoms. The van der Waals surface area contributed by atoms with E-state index in [1.807, 2.05) is 43.7 Å². The minimum atomic E-state index is -0.635. The number of imidazole rings is 1. The van der Waals surface area contributed by atoms with Crippen molar-refractivity contribution in [3.05, 3.63) is 65.3 Å². The van der Waals surface area contributed by atoms with E-state index < -0.39 is 11.6 Å². The number of allylic oxidation sites excluding steroid dienone is 1. The summed E-state index contributed by atoms with van der Waals surface area (Å²) in [7, 11) is 0. The Bertz CT molecular complexity index is 1540. The van der Waals surface area contributed by atoms with E-state index in [1.165, 1.54) is 30.9 Å². The lowest BCUT2D eigenvalue weighted by atomic mass is 9.72. The second kappa shape index (κ2) is 10.1. The number of pyridine rings is 1. The lowest BCUT2D eigenvalue weighted by Gasteiger charge is -2.33. The Hall–Kier alpha value is -3.72. The van der Waals surface area contributed by atoms with Crippen molar-refractivity contribution in [2.45, 2.75) is 58.9 Å². The molecule has 0 radical (unpaired) electrons. The summed E-state index contributed by atoms with van der Waals surface area (Å²) in [6.45, 7) is 8.13. The van der Waals surface area contributed by atoms with Gasteiger partial charge in [0.1, 0.15) is 22.9 Å². The van der Waals surface area contributed by atoms with Gasteiger partial charge in [-0.05, 0) is 94.7 Å². The third-order valence-electron chi connectivity index (χ3n) is 8.14. The highest BCUT2D eigenvalue weighted by molar-refractivity contribution is 5.83. The fraction of sp³-hybridized carbons (Fsp3) is 0.400. The van der Waals surface area contributed by atoms with Crippen LogP contribution in [0.4, 0.5) is 20.5 Å². The summed E-state index contributed by atoms with van der Waals surface area (Å²) in [6.07, 6.45) is 11.2. The highest BCUT2D eigenvalue weighted by Gasteiger charge is 2.35. The van der Waals surface area contributed by atoms with Crippen LogP contribution in [0.25, 0.3) is 28.4 Å². The number of nitrogens with zero attached hydrogens (tertiary/aromatic N) is 5. The molecule has 3 aromatic heterocycles. The number of aromatic nitrogens is 5. The van der Waals surface area contributed by atoms with Gasteiger partial charge in [-0.2, -0.15) is 0 Å². The molecule has 1 saturated heterocycles. The van der Waals surface area contributed by atoms with Crippen molar-refractivity contribution >= 4 is 28.9 Å². The van der Waals surface area contributed by atoms with E-state index in [4.69, 9.17) is 0 Å². The van der Waals surface area contributed by atoms with Crippen LogP contribution in [0.1, 0.15) is 63.4 Å². The monoisotopic (exact) mass is 529 g/mol. The molecule has 4 aromatic rings. The Morgan fingerprint density at radius 3 is 2.54 bits per heavy atom. The van der Waals surface area contributed by atoms with Crippen LogP contribution >= 0.6 is 0 Å². The Labute approximate surface area is 226 Å². The van der Waals surface area contributed by atoms with Crippen LogP contribution in [0, 0.1) is 24.0 Å². The molecule has 1 aromatic carbocycles. The van der Waals surface area contributed by atoms with Crippen molar-refractivity contribution in [3.63, 3.8) is 0 Å². The topological polar surface area (TPSA) is 80.6 Å². The predicted octanol–water partition coefficient (Wildman–Crippen LogP) is 6.74. The number of aryl methyl sites for hydroxylation is 1. The molecule has 1 saturated carbocycles. The molecule has 0 atom stereocenters. The molecule has 1 aliphatic heterocycles. The van der Waals surface area contributed by atoms with E-state index in [-0.39, 0.29) is 23.2 Å². The van der Waals surface area contributed by atoms with Crippen LogP contribution < -0.4 is 10.6 Å². The molecule has 6 rings (SSSR count). The second-order valence-electron chi connectivity index (χ2n) is 11.2. The summed E-state index contributed by atoms with van der Waals surface area (Å²) >= 11 is 0. The molecule has 2 aliphatic rings. The molecule has 9 heteroatoms. The highest BCUT2D eigenvalue weighted by atomic mass is 19.1. The van der Waals surface area contributed by atoms with Crippen LogP contribution in [-0.2, 0) is 0 Å². The number of hydrogen-bond acceptors (Lipinski definition) is 6. The largest absolute Gasteiger partial charge is 0.326 e. The predicted molar refractivity (Wildman–Crippen MR) is 150 cm³/mol. The van der Waals surface area contributed by atoms with Crippen LogP contribution in [0.15, 0.2) is 42.2 Å². The molecule has 0 amide bonds. The first-order chi connectivity index (χ1) is 18.8. The number of benzene rings is 1. The maximum absolute atomic E-state index is 15.0. The van der Waals surface area contributed by atoms with Gasteiger partial charge in [-0.15, -0.1) is 0 Å². The number of halogens is 2. The molecule has 0 bridgehead atoms. The minimum absolute atomic E-state index is 0.0105. The van der Waals surface area contributed by atoms with Gasteiger partial charge in [0.15, 0.2) is 11.6 Å². The van der Waals surface area contributed by atoms with Gasteiger partial charge in [-0.25, -0.2) is 28.7 Å². The number of anilines is 2. The summed E-state index contributed by atoms with van der Waals surface area (Å²) in [5, 5.41) is 6.57. The normalized spacial score (nSPS) is 19.4. The first-order valence-corrected chi connectivity index (χ1v) is 13.6. The number of hydrogen-bond donors (Lipinski definition) is 2. The lowest BCUT2D eigenvalue weighted by molar-refractivity contribution is 0.246. The highest BCUT2D eigenvalue weighted by Crippen LogP contribution is 2.43. The molecule has 2 N–H and O–H groups in total. The first kappa shape index (κ1) is 25.6. The van der Waals surface area contributed by atoms with E-state index in [9.17, 15) is 8.78 Å². The van der Waals surface area contributed by atoms with E-state index in [2.05, 4.69) is 36.6 Å². The first-order valence-electron chi connectivity index (χ1n) is 13.6. The summed E-state index contributed by atoms with van der Waals surface area (Å²) in [4.78, 5) is 17.3. The van der Waals surface area contributed by atoms with Crippen molar-refractivity contribution < 1.29 is 8.78 Å². The van der Waals surface area contributed by atoms with Crippen molar-refractivity contribution in [2.75, 3.05) is 18.4 Å². The van der Waals surface area contributed by atoms with Gasteiger partial charge in [0.05, 0.1) is 11.7 Å². The molecule has 39 heavy (non-hydrogen) atoms. The van der Waals surface area contributed by atoms with Crippen molar-refractivity contribution in [1.82, 2.24) is 29.8 Å². The van der Waals surface area contributed by atoms with Crippen LogP contribution in [-0.4, -0.2) is 37.6 Å². The zero-order valence-corrected chi connectivity index (χ0v) is 22.6. The van der Waals surface area contributed by atoms with Crippen LogP contribution in [0.5, 0.6) is 0 Å². The fourth-order valence-electron chi connectivity index (χ4n) is 6.07. The van der Waals surface area contributed by atoms with Crippen molar-refractivity contribution in [2.24, 2.45) is 5.41 Å². The molecule has 2 fully saturated rings. The summed E-state index contributed by atoms with van der Waals surface area (Å²) in [5.41, 5.74) is 4.23. The van der Waals surface area contributed by atoms with E-state index in [0.717, 1.165) is 37.7 Å². The third kappa shape index (κ3) is 5.03. The molecule has 4 heterocycles. The molecule has 7 nitrogen and oxygen atoms in total. The maximum atomic E-state index is 15.0. The van der Waals surface area contributed by atoms with Gasteiger partial charge in [-0.1, -0.05) is 11.6 Å². The summed E-state index contributed by atoms with van der Waals surface area (Å²) in [5.74, 6) is 0.276. The van der Waals surface area contributed by atoms with Gasteiger partial charge in [0.2, 0.25) is 5.95 Å². The minimum Gasteiger partial charge on any atom is -0.326 e. The number of nitrogens with one attached hydrogen (secondary N) is 2. The Balaban J connectivity index is 1.21. The van der Waals surface area contributed by atoms with E-state index in [0.29, 0.717) is 28.1 Å². The fourth-order valence-corrected chi connectivity index (χ4v) is 6.07. The van der Waals surface area contributed by atoms with Gasteiger partial charge in [0.25, 0.3) is 0 Å². The Morgan fingerprint density at radius 1 is 1.03 bits per heavy atom. The molecule has 202 valence electrons. The van der Waals surface area contributed by atoms with Gasteiger partial charge < -0.3 is 15.2 Å². The van der Waals surface area contributed by atoms with Crippen molar-refractivity contribution in [3.8, 4) is 11.3 Å². The molecule has 0 unspecified atom stereocenters. The van der Waals surface area contributed by atoms with Crippen molar-refractivity contribution in [1.29, 1.82) is 0 Å². The third-order valence-corrected chi connectivity index (χ3v) is 8.14. The number of fused-ring (bicyclic) bond motifs is 1.